The van der Waals surface area contributed by atoms with Crippen LogP contribution >= 0.6 is 0 Å². The average Bonchev–Trinajstić information content (AvgIpc) is 3.07. The van der Waals surface area contributed by atoms with Gasteiger partial charge in [0.2, 0.25) is 0 Å². The quantitative estimate of drug-likeness (QED) is 0.226. The lowest BCUT2D eigenvalue weighted by Crippen LogP contribution is -2.36. The minimum absolute atomic E-state index is 0.0181. The van der Waals surface area contributed by atoms with Gasteiger partial charge in [-0.05, 0) is 36.4 Å². The number of carbonyl (C=O) groups excluding carboxylic acids is 4. The summed E-state index contributed by atoms with van der Waals surface area (Å²) in [6.45, 7) is 5.98. The first-order valence-corrected chi connectivity index (χ1v) is 11.2. The maximum absolute atomic E-state index is 12.3. The van der Waals surface area contributed by atoms with Crippen LogP contribution < -0.4 is 4.74 Å². The second-order valence-electron chi connectivity index (χ2n) is 7.76. The third-order valence-electron chi connectivity index (χ3n) is 4.78. The van der Waals surface area contributed by atoms with Gasteiger partial charge in [0.05, 0.1) is 17.7 Å². The third kappa shape index (κ3) is 6.99. The van der Waals surface area contributed by atoms with Crippen molar-refractivity contribution in [2.24, 2.45) is 5.92 Å². The molecule has 0 fully saturated rings. The van der Waals surface area contributed by atoms with Crippen LogP contribution in [0, 0.1) is 5.92 Å². The molecule has 2 amide bonds. The number of benzene rings is 2. The molecule has 0 aliphatic carbocycles. The van der Waals surface area contributed by atoms with Crippen molar-refractivity contribution in [2.45, 2.75) is 27.2 Å². The fraction of sp³-hybridized carbons (Fsp3) is 0.385. The molecule has 0 spiro atoms. The van der Waals surface area contributed by atoms with Gasteiger partial charge in [0, 0.05) is 18.6 Å². The van der Waals surface area contributed by atoms with Crippen LogP contribution in [0.2, 0.25) is 0 Å². The van der Waals surface area contributed by atoms with E-state index in [1.165, 1.54) is 6.42 Å². The molecule has 1 unspecified atom stereocenters. The number of imide groups is 1. The van der Waals surface area contributed by atoms with Crippen LogP contribution in [0.1, 0.15) is 58.3 Å². The Morgan fingerprint density at radius 2 is 1.47 bits per heavy atom. The lowest BCUT2D eigenvalue weighted by Gasteiger charge is -2.13. The highest BCUT2D eigenvalue weighted by atomic mass is 16.6. The van der Waals surface area contributed by atoms with Gasteiger partial charge >= 0.3 is 5.97 Å². The molecule has 34 heavy (non-hydrogen) atoms. The van der Waals surface area contributed by atoms with Gasteiger partial charge in [-0.25, -0.2) is 0 Å². The highest BCUT2D eigenvalue weighted by Crippen LogP contribution is 2.22. The molecule has 0 N–H and O–H groups in total. The van der Waals surface area contributed by atoms with Gasteiger partial charge in [0.1, 0.15) is 25.5 Å². The van der Waals surface area contributed by atoms with Crippen molar-refractivity contribution in [1.82, 2.24) is 4.90 Å². The van der Waals surface area contributed by atoms with E-state index in [0.29, 0.717) is 17.9 Å². The molecule has 0 aromatic heterocycles. The summed E-state index contributed by atoms with van der Waals surface area (Å²) in [6, 6.07) is 13.1. The summed E-state index contributed by atoms with van der Waals surface area (Å²) in [7, 11) is 1.55. The summed E-state index contributed by atoms with van der Waals surface area (Å²) < 4.78 is 15.6. The molecule has 1 heterocycles. The smallest absolute Gasteiger partial charge is 0.326 e. The fourth-order valence-corrected chi connectivity index (χ4v) is 3.20. The molecular formula is C26H31NO7. The molecule has 0 radical (unpaired) electrons. The number of amides is 2. The Bertz CT molecular complexity index is 965. The van der Waals surface area contributed by atoms with Gasteiger partial charge < -0.3 is 14.2 Å². The first-order chi connectivity index (χ1) is 16.3. The zero-order valence-electron chi connectivity index (χ0n) is 20.0. The highest BCUT2D eigenvalue weighted by molar-refractivity contribution is 6.22. The van der Waals surface area contributed by atoms with Gasteiger partial charge in [-0.3, -0.25) is 24.1 Å². The molecule has 2 aromatic carbocycles. The van der Waals surface area contributed by atoms with E-state index in [4.69, 9.17) is 14.2 Å². The molecule has 1 aliphatic rings. The number of hydrogen-bond donors (Lipinski definition) is 0. The van der Waals surface area contributed by atoms with E-state index in [9.17, 15) is 19.2 Å². The Morgan fingerprint density at radius 1 is 0.912 bits per heavy atom. The predicted molar refractivity (Wildman–Crippen MR) is 126 cm³/mol. The monoisotopic (exact) mass is 469 g/mol. The Morgan fingerprint density at radius 3 is 2.00 bits per heavy atom. The van der Waals surface area contributed by atoms with Gasteiger partial charge in [0.15, 0.2) is 5.78 Å². The number of hydrogen-bond acceptors (Lipinski definition) is 7. The lowest BCUT2D eigenvalue weighted by atomic mass is 10.0. The minimum atomic E-state index is -0.703. The number of Topliss-reactive ketones (excluding diaryl/α,β-unsaturated/α-hetero) is 1. The number of esters is 1. The second-order valence-corrected chi connectivity index (χ2v) is 7.76. The zero-order valence-corrected chi connectivity index (χ0v) is 20.0. The largest absolute Gasteiger partial charge is 0.490 e. The van der Waals surface area contributed by atoms with E-state index >= 15 is 0 Å². The maximum Gasteiger partial charge on any atom is 0.326 e. The summed E-state index contributed by atoms with van der Waals surface area (Å²) in [5.41, 5.74) is 1.12. The molecular weight excluding hydrogens is 438 g/mol. The first kappa shape index (κ1) is 26.7. The van der Waals surface area contributed by atoms with Crippen LogP contribution in [0.3, 0.4) is 0 Å². The van der Waals surface area contributed by atoms with Crippen molar-refractivity contribution in [3.63, 3.8) is 0 Å². The van der Waals surface area contributed by atoms with Crippen LogP contribution in [0.4, 0.5) is 0 Å². The Balaban J connectivity index is 0.00000129. The summed E-state index contributed by atoms with van der Waals surface area (Å²) in [4.78, 5) is 49.6. The molecule has 2 aromatic rings. The molecule has 0 saturated carbocycles. The standard InChI is InChI=1S/C23H23NO7.C3H8/c1-15(14-29-2)21(26)16-7-9-17(10-8-16)30-11-12-31-20(25)13-24-22(27)18-5-3-4-6-19(18)23(24)28;1-3-2/h3-10,15H,11-14H2,1-2H3;3H2,1-2H3. The van der Waals surface area contributed by atoms with E-state index < -0.39 is 24.3 Å². The van der Waals surface area contributed by atoms with Crippen LogP contribution in [0.15, 0.2) is 48.5 Å². The number of fused-ring (bicyclic) bond motifs is 1. The lowest BCUT2D eigenvalue weighted by molar-refractivity contribution is -0.144. The van der Waals surface area contributed by atoms with Crippen molar-refractivity contribution in [3.8, 4) is 5.75 Å². The number of ketones is 1. The topological polar surface area (TPSA) is 99.2 Å². The molecule has 182 valence electrons. The van der Waals surface area contributed by atoms with E-state index in [1.807, 2.05) is 0 Å². The van der Waals surface area contributed by atoms with Crippen molar-refractivity contribution in [3.05, 3.63) is 65.2 Å². The van der Waals surface area contributed by atoms with Crippen molar-refractivity contribution in [1.29, 1.82) is 0 Å². The number of methoxy groups -OCH3 is 1. The van der Waals surface area contributed by atoms with Crippen LogP contribution in [-0.2, 0) is 14.3 Å². The molecule has 8 heteroatoms. The summed E-state index contributed by atoms with van der Waals surface area (Å²) >= 11 is 0. The van der Waals surface area contributed by atoms with Gasteiger partial charge in [0.25, 0.3) is 11.8 Å². The van der Waals surface area contributed by atoms with E-state index in [2.05, 4.69) is 13.8 Å². The molecule has 8 nitrogen and oxygen atoms in total. The number of ether oxygens (including phenoxy) is 3. The van der Waals surface area contributed by atoms with E-state index in [-0.39, 0.29) is 36.0 Å². The molecule has 1 atom stereocenters. The number of carbonyl (C=O) groups is 4. The molecule has 3 rings (SSSR count). The van der Waals surface area contributed by atoms with Crippen molar-refractivity contribution >= 4 is 23.6 Å². The Labute approximate surface area is 199 Å². The summed E-state index contributed by atoms with van der Waals surface area (Å²) in [6.07, 6.45) is 1.25. The first-order valence-electron chi connectivity index (χ1n) is 11.2. The number of rotatable bonds is 10. The van der Waals surface area contributed by atoms with Crippen LogP contribution in [0.25, 0.3) is 0 Å². The Hall–Kier alpha value is -3.52. The third-order valence-corrected chi connectivity index (χ3v) is 4.78. The Kier molecular flexibility index (Phi) is 10.4. The van der Waals surface area contributed by atoms with Gasteiger partial charge in [-0.1, -0.05) is 39.3 Å². The SMILES string of the molecule is CCC.COCC(C)C(=O)c1ccc(OCCOC(=O)CN2C(=O)c3ccccc3C2=O)cc1. The zero-order chi connectivity index (χ0) is 25.1. The summed E-state index contributed by atoms with van der Waals surface area (Å²) in [5, 5.41) is 0. The van der Waals surface area contributed by atoms with Crippen LogP contribution in [-0.4, -0.2) is 61.9 Å². The molecule has 1 aliphatic heterocycles. The summed E-state index contributed by atoms with van der Waals surface area (Å²) in [5.74, 6) is -1.46. The van der Waals surface area contributed by atoms with Crippen molar-refractivity contribution in [2.75, 3.05) is 33.5 Å². The van der Waals surface area contributed by atoms with Crippen molar-refractivity contribution < 1.29 is 33.4 Å². The molecule has 0 bridgehead atoms. The highest BCUT2D eigenvalue weighted by Gasteiger charge is 2.36. The fourth-order valence-electron chi connectivity index (χ4n) is 3.20. The van der Waals surface area contributed by atoms with Gasteiger partial charge in [-0.2, -0.15) is 0 Å². The van der Waals surface area contributed by atoms with Crippen LogP contribution in [0.5, 0.6) is 5.75 Å². The minimum Gasteiger partial charge on any atom is -0.490 e. The maximum atomic E-state index is 12.3. The second kappa shape index (κ2) is 13.3. The normalized spacial score (nSPS) is 13.0. The predicted octanol–water partition coefficient (Wildman–Crippen LogP) is 3.79. The van der Waals surface area contributed by atoms with E-state index in [1.54, 1.807) is 62.6 Å². The molecule has 0 saturated heterocycles. The average molecular weight is 470 g/mol. The van der Waals surface area contributed by atoms with E-state index in [0.717, 1.165) is 4.90 Å². The number of nitrogens with zero attached hydrogens (tertiary/aromatic N) is 1. The van der Waals surface area contributed by atoms with Gasteiger partial charge in [-0.15, -0.1) is 0 Å².